The zero-order chi connectivity index (χ0) is 10.9. The first-order valence-electron chi connectivity index (χ1n) is 2.86. The first-order chi connectivity index (χ1) is 5.56. The highest BCUT2D eigenvalue weighted by atomic mass is 19.4. The SMILES string of the molecule is O=CCC(O)(C(F)(F)F)C(F)(F)F. The van der Waals surface area contributed by atoms with Gasteiger partial charge in [0.05, 0.1) is 6.42 Å². The second kappa shape index (κ2) is 3.17. The van der Waals surface area contributed by atoms with Crippen molar-refractivity contribution in [2.24, 2.45) is 0 Å². The molecule has 0 rings (SSSR count). The fourth-order valence-corrected chi connectivity index (χ4v) is 0.513. The molecule has 0 bridgehead atoms. The predicted molar refractivity (Wildman–Crippen MR) is 27.7 cm³/mol. The Morgan fingerprint density at radius 1 is 1.00 bits per heavy atom. The number of hydrogen-bond acceptors (Lipinski definition) is 2. The normalized spacial score (nSPS) is 14.4. The molecule has 0 saturated carbocycles. The molecule has 8 heteroatoms. The average molecular weight is 210 g/mol. The van der Waals surface area contributed by atoms with Crippen LogP contribution in [0.15, 0.2) is 0 Å². The van der Waals surface area contributed by atoms with Crippen LogP contribution in [0.5, 0.6) is 0 Å². The van der Waals surface area contributed by atoms with Gasteiger partial charge in [-0.05, 0) is 0 Å². The lowest BCUT2D eigenvalue weighted by molar-refractivity contribution is -0.366. The number of hydrogen-bond donors (Lipinski definition) is 1. The summed E-state index contributed by atoms with van der Waals surface area (Å²) in [5.41, 5.74) is -4.94. The van der Waals surface area contributed by atoms with Crippen molar-refractivity contribution in [3.63, 3.8) is 0 Å². The Kier molecular flexibility index (Phi) is 2.97. The summed E-state index contributed by atoms with van der Waals surface area (Å²) in [4.78, 5) is 9.55. The molecular formula is C5H4F6O2. The molecule has 0 radical (unpaired) electrons. The minimum absolute atomic E-state index is 0.638. The number of carbonyl (C=O) groups is 1. The van der Waals surface area contributed by atoms with E-state index in [-0.39, 0.29) is 0 Å². The largest absolute Gasteiger partial charge is 0.426 e. The molecule has 0 aliphatic carbocycles. The smallest absolute Gasteiger partial charge is 0.373 e. The van der Waals surface area contributed by atoms with Crippen molar-refractivity contribution < 1.29 is 36.2 Å². The molecule has 13 heavy (non-hydrogen) atoms. The molecule has 0 atom stereocenters. The van der Waals surface area contributed by atoms with Crippen LogP contribution in [0.1, 0.15) is 6.42 Å². The van der Waals surface area contributed by atoms with Crippen LogP contribution in [0.4, 0.5) is 26.3 Å². The van der Waals surface area contributed by atoms with Crippen molar-refractivity contribution in [1.82, 2.24) is 0 Å². The van der Waals surface area contributed by atoms with E-state index in [0.29, 0.717) is 0 Å². The third kappa shape index (κ3) is 2.11. The van der Waals surface area contributed by atoms with E-state index in [9.17, 15) is 31.1 Å². The van der Waals surface area contributed by atoms with Gasteiger partial charge in [-0.25, -0.2) is 0 Å². The summed E-state index contributed by atoms with van der Waals surface area (Å²) in [7, 11) is 0. The zero-order valence-corrected chi connectivity index (χ0v) is 5.91. The van der Waals surface area contributed by atoms with E-state index in [1.54, 1.807) is 0 Å². The molecule has 0 fully saturated rings. The van der Waals surface area contributed by atoms with Gasteiger partial charge in [-0.1, -0.05) is 0 Å². The van der Waals surface area contributed by atoms with E-state index < -0.39 is 30.7 Å². The second-order valence-electron chi connectivity index (χ2n) is 2.23. The van der Waals surface area contributed by atoms with Crippen LogP contribution in [-0.4, -0.2) is 29.3 Å². The third-order valence-electron chi connectivity index (χ3n) is 1.32. The lowest BCUT2D eigenvalue weighted by atomic mass is 9.99. The summed E-state index contributed by atoms with van der Waals surface area (Å²) in [6.07, 6.45) is -14.5. The highest BCUT2D eigenvalue weighted by Crippen LogP contribution is 2.44. The molecule has 0 spiro atoms. The van der Waals surface area contributed by atoms with E-state index in [1.165, 1.54) is 0 Å². The molecule has 0 aromatic carbocycles. The topological polar surface area (TPSA) is 37.3 Å². The highest BCUT2D eigenvalue weighted by Gasteiger charge is 2.69. The molecule has 0 amide bonds. The Hall–Kier alpha value is -0.790. The van der Waals surface area contributed by atoms with Crippen molar-refractivity contribution >= 4 is 6.29 Å². The second-order valence-corrected chi connectivity index (χ2v) is 2.23. The van der Waals surface area contributed by atoms with Crippen molar-refractivity contribution in [2.45, 2.75) is 24.4 Å². The monoisotopic (exact) mass is 210 g/mol. The number of aldehydes is 1. The fraction of sp³-hybridized carbons (Fsp3) is 0.800. The lowest BCUT2D eigenvalue weighted by Crippen LogP contribution is -2.57. The van der Waals surface area contributed by atoms with E-state index in [1.807, 2.05) is 0 Å². The highest BCUT2D eigenvalue weighted by molar-refractivity contribution is 5.52. The van der Waals surface area contributed by atoms with Crippen molar-refractivity contribution in [3.8, 4) is 0 Å². The van der Waals surface area contributed by atoms with Crippen molar-refractivity contribution in [2.75, 3.05) is 0 Å². The maximum absolute atomic E-state index is 11.7. The van der Waals surface area contributed by atoms with Gasteiger partial charge in [0.1, 0.15) is 6.29 Å². The molecule has 0 heterocycles. The van der Waals surface area contributed by atoms with Crippen LogP contribution in [-0.2, 0) is 4.79 Å². The average Bonchev–Trinajstić information content (AvgIpc) is 1.82. The van der Waals surface area contributed by atoms with Gasteiger partial charge >= 0.3 is 12.4 Å². The maximum atomic E-state index is 11.7. The van der Waals surface area contributed by atoms with Gasteiger partial charge in [-0.3, -0.25) is 0 Å². The Balaban J connectivity index is 5.07. The molecule has 0 unspecified atom stereocenters. The molecular weight excluding hydrogens is 206 g/mol. The molecule has 0 aliphatic rings. The van der Waals surface area contributed by atoms with Gasteiger partial charge in [-0.2, -0.15) is 26.3 Å². The summed E-state index contributed by atoms with van der Waals surface area (Å²) in [5.74, 6) is 0. The maximum Gasteiger partial charge on any atom is 0.426 e. The van der Waals surface area contributed by atoms with Crippen molar-refractivity contribution in [1.29, 1.82) is 0 Å². The third-order valence-corrected chi connectivity index (χ3v) is 1.32. The fourth-order valence-electron chi connectivity index (χ4n) is 0.513. The van der Waals surface area contributed by atoms with Crippen LogP contribution in [0.2, 0.25) is 0 Å². The van der Waals surface area contributed by atoms with Gasteiger partial charge in [0.15, 0.2) is 0 Å². The van der Waals surface area contributed by atoms with E-state index in [2.05, 4.69) is 0 Å². The number of aliphatic hydroxyl groups is 1. The lowest BCUT2D eigenvalue weighted by Gasteiger charge is -2.30. The van der Waals surface area contributed by atoms with Crippen LogP contribution in [0.3, 0.4) is 0 Å². The minimum Gasteiger partial charge on any atom is -0.373 e. The van der Waals surface area contributed by atoms with Crippen LogP contribution >= 0.6 is 0 Å². The molecule has 78 valence electrons. The van der Waals surface area contributed by atoms with Gasteiger partial charge in [0, 0.05) is 0 Å². The van der Waals surface area contributed by atoms with Crippen LogP contribution in [0, 0.1) is 0 Å². The van der Waals surface area contributed by atoms with E-state index >= 15 is 0 Å². The molecule has 0 aliphatic heterocycles. The van der Waals surface area contributed by atoms with E-state index in [0.717, 1.165) is 0 Å². The Morgan fingerprint density at radius 3 is 1.38 bits per heavy atom. The predicted octanol–water partition coefficient (Wildman–Crippen LogP) is 1.43. The van der Waals surface area contributed by atoms with Gasteiger partial charge in [0.2, 0.25) is 0 Å². The summed E-state index contributed by atoms with van der Waals surface area (Å²) in [5, 5.41) is 8.20. The van der Waals surface area contributed by atoms with Crippen molar-refractivity contribution in [3.05, 3.63) is 0 Å². The minimum atomic E-state index is -5.91. The Labute approximate surface area is 68.1 Å². The standard InChI is InChI=1S/C5H4F6O2/c6-4(7,8)3(13,1-2-12)5(9,10)11/h2,13H,1H2. The molecule has 2 nitrogen and oxygen atoms in total. The number of rotatable bonds is 2. The summed E-state index contributed by atoms with van der Waals surface area (Å²) in [6, 6.07) is 0. The molecule has 0 aromatic rings. The van der Waals surface area contributed by atoms with Gasteiger partial charge < -0.3 is 9.90 Å². The summed E-state index contributed by atoms with van der Waals surface area (Å²) >= 11 is 0. The number of carbonyl (C=O) groups excluding carboxylic acids is 1. The summed E-state index contributed by atoms with van der Waals surface area (Å²) in [6.45, 7) is 0. The quantitative estimate of drug-likeness (QED) is 0.553. The van der Waals surface area contributed by atoms with Gasteiger partial charge in [0.25, 0.3) is 5.60 Å². The first kappa shape index (κ1) is 12.2. The molecule has 0 aromatic heterocycles. The Bertz CT molecular complexity index is 178. The van der Waals surface area contributed by atoms with Gasteiger partial charge in [-0.15, -0.1) is 0 Å². The molecule has 1 N–H and O–H groups in total. The van der Waals surface area contributed by atoms with E-state index in [4.69, 9.17) is 5.11 Å². The Morgan fingerprint density at radius 2 is 1.31 bits per heavy atom. The van der Waals surface area contributed by atoms with Crippen LogP contribution < -0.4 is 0 Å². The number of alkyl halides is 6. The molecule has 0 saturated heterocycles. The zero-order valence-electron chi connectivity index (χ0n) is 5.91. The first-order valence-corrected chi connectivity index (χ1v) is 2.86. The van der Waals surface area contributed by atoms with Crippen LogP contribution in [0.25, 0.3) is 0 Å². The summed E-state index contributed by atoms with van der Waals surface area (Å²) < 4.78 is 70.0. The number of halogens is 6.